The molecule has 0 aromatic carbocycles. The highest BCUT2D eigenvalue weighted by atomic mass is 16.5. The summed E-state index contributed by atoms with van der Waals surface area (Å²) >= 11 is 0. The second kappa shape index (κ2) is 9.11. The summed E-state index contributed by atoms with van der Waals surface area (Å²) in [4.78, 5) is 21.6. The number of methoxy groups -OCH3 is 1. The van der Waals surface area contributed by atoms with Crippen LogP contribution < -0.4 is 5.32 Å². The van der Waals surface area contributed by atoms with Gasteiger partial charge in [0.1, 0.15) is 5.92 Å². The number of nitrogens with one attached hydrogen (secondary N) is 1. The topological polar surface area (TPSA) is 84.9 Å². The van der Waals surface area contributed by atoms with E-state index in [1.807, 2.05) is 0 Å². The highest BCUT2D eigenvalue weighted by Gasteiger charge is 2.19. The third-order valence-corrected chi connectivity index (χ3v) is 1.96. The number of hydrogen-bond acceptors (Lipinski definition) is 4. The first-order valence-electron chi connectivity index (χ1n) is 5.16. The fourth-order valence-electron chi connectivity index (χ4n) is 0.895. The molecule has 0 saturated heterocycles. The summed E-state index contributed by atoms with van der Waals surface area (Å²) < 4.78 is 9.96. The summed E-state index contributed by atoms with van der Waals surface area (Å²) in [5, 5.41) is 11.1. The maximum absolute atomic E-state index is 11.2. The van der Waals surface area contributed by atoms with Crippen molar-refractivity contribution in [2.24, 2.45) is 5.92 Å². The third-order valence-electron chi connectivity index (χ3n) is 1.96. The smallest absolute Gasteiger partial charge is 0.315 e. The molecule has 1 atom stereocenters. The SMILES string of the molecule is COCCOCCCNC(=O)C(C)C(=O)O. The van der Waals surface area contributed by atoms with Crippen LogP contribution in [0.4, 0.5) is 0 Å². The summed E-state index contributed by atoms with van der Waals surface area (Å²) in [6.45, 7) is 3.36. The second-order valence-corrected chi connectivity index (χ2v) is 3.31. The zero-order valence-electron chi connectivity index (χ0n) is 9.69. The standard InChI is InChI=1S/C10H19NO5/c1-8(10(13)14)9(12)11-4-3-5-16-7-6-15-2/h8H,3-7H2,1-2H3,(H,11,12)(H,13,14). The monoisotopic (exact) mass is 233 g/mol. The molecule has 0 aromatic heterocycles. The molecule has 0 radical (unpaired) electrons. The molecular formula is C10H19NO5. The van der Waals surface area contributed by atoms with Crippen molar-refractivity contribution in [2.45, 2.75) is 13.3 Å². The van der Waals surface area contributed by atoms with E-state index < -0.39 is 17.8 Å². The highest BCUT2D eigenvalue weighted by molar-refractivity contribution is 5.96. The van der Waals surface area contributed by atoms with Gasteiger partial charge in [-0.2, -0.15) is 0 Å². The summed E-state index contributed by atoms with van der Waals surface area (Å²) in [7, 11) is 1.59. The predicted octanol–water partition coefficient (Wildman–Crippen LogP) is -0.124. The number of amides is 1. The van der Waals surface area contributed by atoms with Gasteiger partial charge in [0.15, 0.2) is 0 Å². The Bertz CT molecular complexity index is 219. The maximum atomic E-state index is 11.2. The molecule has 1 unspecified atom stereocenters. The van der Waals surface area contributed by atoms with Gasteiger partial charge < -0.3 is 19.9 Å². The first kappa shape index (κ1) is 14.9. The Morgan fingerprint density at radius 1 is 1.31 bits per heavy atom. The molecule has 94 valence electrons. The molecule has 0 bridgehead atoms. The Balaban J connectivity index is 3.38. The van der Waals surface area contributed by atoms with Gasteiger partial charge in [-0.15, -0.1) is 0 Å². The van der Waals surface area contributed by atoms with Gasteiger partial charge in [0.25, 0.3) is 0 Å². The molecule has 2 N–H and O–H groups in total. The van der Waals surface area contributed by atoms with E-state index in [-0.39, 0.29) is 0 Å². The maximum Gasteiger partial charge on any atom is 0.315 e. The molecule has 0 saturated carbocycles. The predicted molar refractivity (Wildman–Crippen MR) is 57.1 cm³/mol. The minimum atomic E-state index is -1.12. The first-order valence-corrected chi connectivity index (χ1v) is 5.16. The zero-order chi connectivity index (χ0) is 12.4. The van der Waals surface area contributed by atoms with Crippen molar-refractivity contribution in [1.82, 2.24) is 5.32 Å². The lowest BCUT2D eigenvalue weighted by Gasteiger charge is -2.08. The van der Waals surface area contributed by atoms with Crippen molar-refractivity contribution >= 4 is 11.9 Å². The van der Waals surface area contributed by atoms with Gasteiger partial charge >= 0.3 is 5.97 Å². The molecule has 16 heavy (non-hydrogen) atoms. The van der Waals surface area contributed by atoms with Gasteiger partial charge in [0.05, 0.1) is 13.2 Å². The Hall–Kier alpha value is -1.14. The Labute approximate surface area is 94.9 Å². The molecule has 6 nitrogen and oxygen atoms in total. The average molecular weight is 233 g/mol. The molecular weight excluding hydrogens is 214 g/mol. The molecule has 0 aliphatic heterocycles. The number of carboxylic acid groups (broad SMARTS) is 1. The minimum absolute atomic E-state index is 0.420. The molecule has 6 heteroatoms. The first-order chi connectivity index (χ1) is 7.59. The molecule has 0 heterocycles. The van der Waals surface area contributed by atoms with Gasteiger partial charge in [-0.05, 0) is 13.3 Å². The number of carbonyl (C=O) groups is 2. The normalized spacial score (nSPS) is 12.1. The van der Waals surface area contributed by atoms with Crippen LogP contribution in [0.3, 0.4) is 0 Å². The van der Waals surface area contributed by atoms with E-state index >= 15 is 0 Å². The van der Waals surface area contributed by atoms with Gasteiger partial charge in [0.2, 0.25) is 5.91 Å². The van der Waals surface area contributed by atoms with Gasteiger partial charge in [-0.1, -0.05) is 0 Å². The largest absolute Gasteiger partial charge is 0.481 e. The number of carboxylic acids is 1. The van der Waals surface area contributed by atoms with Crippen molar-refractivity contribution in [3.05, 3.63) is 0 Å². The molecule has 0 aliphatic carbocycles. The Morgan fingerprint density at radius 2 is 2.00 bits per heavy atom. The van der Waals surface area contributed by atoms with E-state index in [0.717, 1.165) is 0 Å². The van der Waals surface area contributed by atoms with Gasteiger partial charge in [0, 0.05) is 20.3 Å². The molecule has 0 fully saturated rings. The molecule has 0 rings (SSSR count). The van der Waals surface area contributed by atoms with Crippen LogP contribution >= 0.6 is 0 Å². The number of rotatable bonds is 9. The molecule has 0 spiro atoms. The van der Waals surface area contributed by atoms with Crippen LogP contribution in [-0.4, -0.2) is 50.5 Å². The fourth-order valence-corrected chi connectivity index (χ4v) is 0.895. The average Bonchev–Trinajstić information content (AvgIpc) is 2.26. The van der Waals surface area contributed by atoms with E-state index in [4.69, 9.17) is 14.6 Å². The van der Waals surface area contributed by atoms with Crippen molar-refractivity contribution in [3.63, 3.8) is 0 Å². The van der Waals surface area contributed by atoms with E-state index in [0.29, 0.717) is 32.8 Å². The van der Waals surface area contributed by atoms with E-state index in [2.05, 4.69) is 5.32 Å². The second-order valence-electron chi connectivity index (χ2n) is 3.31. The summed E-state index contributed by atoms with van der Waals surface area (Å²) in [6.07, 6.45) is 0.655. The zero-order valence-corrected chi connectivity index (χ0v) is 9.69. The summed E-state index contributed by atoms with van der Waals surface area (Å²) in [5.74, 6) is -2.59. The van der Waals surface area contributed by atoms with Crippen molar-refractivity contribution < 1.29 is 24.2 Å². The van der Waals surface area contributed by atoms with Crippen LogP contribution in [0.25, 0.3) is 0 Å². The van der Waals surface area contributed by atoms with Crippen LogP contribution in [0, 0.1) is 5.92 Å². The third kappa shape index (κ3) is 7.19. The summed E-state index contributed by atoms with van der Waals surface area (Å²) in [5.41, 5.74) is 0. The number of carbonyl (C=O) groups excluding carboxylic acids is 1. The highest BCUT2D eigenvalue weighted by Crippen LogP contribution is 1.94. The van der Waals surface area contributed by atoms with E-state index in [1.165, 1.54) is 6.92 Å². The molecule has 0 aromatic rings. The Morgan fingerprint density at radius 3 is 2.56 bits per heavy atom. The van der Waals surface area contributed by atoms with Crippen LogP contribution in [0.2, 0.25) is 0 Å². The van der Waals surface area contributed by atoms with E-state index in [9.17, 15) is 9.59 Å². The van der Waals surface area contributed by atoms with Crippen LogP contribution in [-0.2, 0) is 19.1 Å². The molecule has 1 amide bonds. The van der Waals surface area contributed by atoms with Gasteiger partial charge in [-0.3, -0.25) is 9.59 Å². The van der Waals surface area contributed by atoms with Crippen molar-refractivity contribution in [2.75, 3.05) is 33.5 Å². The lowest BCUT2D eigenvalue weighted by Crippen LogP contribution is -2.34. The minimum Gasteiger partial charge on any atom is -0.481 e. The van der Waals surface area contributed by atoms with Gasteiger partial charge in [-0.25, -0.2) is 0 Å². The van der Waals surface area contributed by atoms with Crippen LogP contribution in [0.5, 0.6) is 0 Å². The number of hydrogen-bond donors (Lipinski definition) is 2. The number of ether oxygens (including phenoxy) is 2. The lowest BCUT2D eigenvalue weighted by atomic mass is 10.2. The quantitative estimate of drug-likeness (QED) is 0.428. The Kier molecular flexibility index (Phi) is 8.46. The van der Waals surface area contributed by atoms with E-state index in [1.54, 1.807) is 7.11 Å². The molecule has 0 aliphatic rings. The number of aliphatic carboxylic acids is 1. The lowest BCUT2D eigenvalue weighted by molar-refractivity contribution is -0.146. The van der Waals surface area contributed by atoms with Crippen molar-refractivity contribution in [1.29, 1.82) is 0 Å². The fraction of sp³-hybridized carbons (Fsp3) is 0.800. The summed E-state index contributed by atoms with van der Waals surface area (Å²) in [6, 6.07) is 0. The van der Waals surface area contributed by atoms with Crippen LogP contribution in [0.15, 0.2) is 0 Å². The van der Waals surface area contributed by atoms with Crippen molar-refractivity contribution in [3.8, 4) is 0 Å². The van der Waals surface area contributed by atoms with Crippen LogP contribution in [0.1, 0.15) is 13.3 Å².